The van der Waals surface area contributed by atoms with Gasteiger partial charge in [-0.25, -0.2) is 0 Å². The van der Waals surface area contributed by atoms with Gasteiger partial charge in [0.05, 0.1) is 11.9 Å². The van der Waals surface area contributed by atoms with E-state index in [1.165, 1.54) is 24.1 Å². The predicted molar refractivity (Wildman–Crippen MR) is 89.8 cm³/mol. The standard InChI is InChI=1S/C17H30N4/c1-17(2,3)19-11-14-8-9-18-12-16(14)21-10-6-7-15(13-21)20(4)5/h8-9,12,15,19H,6-7,10-11,13H2,1-5H3. The maximum Gasteiger partial charge on any atom is 0.0598 e. The van der Waals surface area contributed by atoms with Crippen LogP contribution in [0.4, 0.5) is 5.69 Å². The Morgan fingerprint density at radius 3 is 2.81 bits per heavy atom. The lowest BCUT2D eigenvalue weighted by Gasteiger charge is -2.38. The Morgan fingerprint density at radius 1 is 1.38 bits per heavy atom. The molecule has 1 N–H and O–H groups in total. The van der Waals surface area contributed by atoms with Gasteiger partial charge in [-0.1, -0.05) is 0 Å². The third-order valence-electron chi connectivity index (χ3n) is 4.16. The van der Waals surface area contributed by atoms with E-state index in [-0.39, 0.29) is 5.54 Å². The summed E-state index contributed by atoms with van der Waals surface area (Å²) >= 11 is 0. The van der Waals surface area contributed by atoms with E-state index in [0.29, 0.717) is 6.04 Å². The Hall–Kier alpha value is -1.13. The first kappa shape index (κ1) is 16.2. The minimum absolute atomic E-state index is 0.134. The SMILES string of the molecule is CN(C)C1CCCN(c2cnccc2CNC(C)(C)C)C1. The molecular weight excluding hydrogens is 260 g/mol. The fraction of sp³-hybridized carbons (Fsp3) is 0.706. The Balaban J connectivity index is 2.11. The Morgan fingerprint density at radius 2 is 2.14 bits per heavy atom. The van der Waals surface area contributed by atoms with Crippen LogP contribution in [0.15, 0.2) is 18.5 Å². The number of piperidine rings is 1. The van der Waals surface area contributed by atoms with E-state index in [0.717, 1.165) is 19.6 Å². The van der Waals surface area contributed by atoms with Crippen LogP contribution in [0.3, 0.4) is 0 Å². The second-order valence-corrected chi connectivity index (χ2v) is 7.31. The number of rotatable bonds is 4. The Kier molecular flexibility index (Phi) is 5.22. The lowest BCUT2D eigenvalue weighted by Crippen LogP contribution is -2.45. The van der Waals surface area contributed by atoms with Gasteiger partial charge in [0, 0.05) is 37.4 Å². The molecule has 118 valence electrons. The van der Waals surface area contributed by atoms with Crippen LogP contribution in [-0.4, -0.2) is 48.6 Å². The van der Waals surface area contributed by atoms with E-state index < -0.39 is 0 Å². The van der Waals surface area contributed by atoms with Crippen LogP contribution >= 0.6 is 0 Å². The Labute approximate surface area is 129 Å². The molecule has 1 aromatic heterocycles. The van der Waals surface area contributed by atoms with Gasteiger partial charge in [-0.2, -0.15) is 0 Å². The molecule has 0 radical (unpaired) electrons. The maximum atomic E-state index is 4.35. The predicted octanol–water partition coefficient (Wildman–Crippen LogP) is 2.50. The monoisotopic (exact) mass is 290 g/mol. The lowest BCUT2D eigenvalue weighted by atomic mass is 10.0. The highest BCUT2D eigenvalue weighted by atomic mass is 15.2. The molecule has 2 heterocycles. The van der Waals surface area contributed by atoms with Crippen molar-refractivity contribution < 1.29 is 0 Å². The van der Waals surface area contributed by atoms with Gasteiger partial charge < -0.3 is 15.1 Å². The molecule has 0 saturated carbocycles. The summed E-state index contributed by atoms with van der Waals surface area (Å²) in [7, 11) is 4.36. The van der Waals surface area contributed by atoms with Crippen LogP contribution in [0.5, 0.6) is 0 Å². The van der Waals surface area contributed by atoms with E-state index in [4.69, 9.17) is 0 Å². The van der Waals surface area contributed by atoms with E-state index in [9.17, 15) is 0 Å². The van der Waals surface area contributed by atoms with E-state index >= 15 is 0 Å². The van der Waals surface area contributed by atoms with Crippen molar-refractivity contribution in [2.75, 3.05) is 32.1 Å². The fourth-order valence-corrected chi connectivity index (χ4v) is 2.80. The number of likely N-dealkylation sites (N-methyl/N-ethyl adjacent to an activating group) is 1. The molecule has 0 spiro atoms. The third kappa shape index (κ3) is 4.68. The zero-order valence-electron chi connectivity index (χ0n) is 14.2. The average Bonchev–Trinajstić information content (AvgIpc) is 2.45. The molecule has 1 unspecified atom stereocenters. The molecule has 1 aromatic rings. The zero-order valence-corrected chi connectivity index (χ0v) is 14.2. The summed E-state index contributed by atoms with van der Waals surface area (Å²) in [6.07, 6.45) is 6.47. The molecule has 1 atom stereocenters. The highest BCUT2D eigenvalue weighted by Crippen LogP contribution is 2.25. The van der Waals surface area contributed by atoms with Gasteiger partial charge in [-0.3, -0.25) is 4.98 Å². The second-order valence-electron chi connectivity index (χ2n) is 7.31. The first-order chi connectivity index (χ1) is 9.87. The van der Waals surface area contributed by atoms with Crippen molar-refractivity contribution in [2.45, 2.75) is 51.7 Å². The van der Waals surface area contributed by atoms with Crippen LogP contribution in [0, 0.1) is 0 Å². The quantitative estimate of drug-likeness (QED) is 0.923. The summed E-state index contributed by atoms with van der Waals surface area (Å²) < 4.78 is 0. The number of hydrogen-bond acceptors (Lipinski definition) is 4. The van der Waals surface area contributed by atoms with Crippen LogP contribution in [-0.2, 0) is 6.54 Å². The van der Waals surface area contributed by atoms with Crippen molar-refractivity contribution in [3.8, 4) is 0 Å². The maximum absolute atomic E-state index is 4.35. The highest BCUT2D eigenvalue weighted by Gasteiger charge is 2.23. The summed E-state index contributed by atoms with van der Waals surface area (Å²) in [5.41, 5.74) is 2.77. The average molecular weight is 290 g/mol. The zero-order chi connectivity index (χ0) is 15.5. The molecule has 0 aromatic carbocycles. The van der Waals surface area contributed by atoms with E-state index in [1.54, 1.807) is 0 Å². The van der Waals surface area contributed by atoms with Gasteiger partial charge in [-0.15, -0.1) is 0 Å². The van der Waals surface area contributed by atoms with Crippen LogP contribution < -0.4 is 10.2 Å². The molecule has 1 aliphatic heterocycles. The van der Waals surface area contributed by atoms with Crippen molar-refractivity contribution in [1.82, 2.24) is 15.2 Å². The van der Waals surface area contributed by atoms with Gasteiger partial charge >= 0.3 is 0 Å². The molecule has 1 saturated heterocycles. The lowest BCUT2D eigenvalue weighted by molar-refractivity contribution is 0.258. The molecule has 1 fully saturated rings. The van der Waals surface area contributed by atoms with Crippen molar-refractivity contribution in [3.05, 3.63) is 24.0 Å². The van der Waals surface area contributed by atoms with E-state index in [1.807, 2.05) is 12.4 Å². The number of nitrogens with one attached hydrogen (secondary N) is 1. The van der Waals surface area contributed by atoms with Crippen LogP contribution in [0.2, 0.25) is 0 Å². The van der Waals surface area contributed by atoms with Crippen molar-refractivity contribution >= 4 is 5.69 Å². The normalized spacial score (nSPS) is 20.1. The molecular formula is C17H30N4. The molecule has 0 aliphatic carbocycles. The minimum Gasteiger partial charge on any atom is -0.368 e. The number of hydrogen-bond donors (Lipinski definition) is 1. The molecule has 0 amide bonds. The fourth-order valence-electron chi connectivity index (χ4n) is 2.80. The number of aromatic nitrogens is 1. The van der Waals surface area contributed by atoms with Crippen LogP contribution in [0.25, 0.3) is 0 Å². The summed E-state index contributed by atoms with van der Waals surface area (Å²) in [6.45, 7) is 9.74. The third-order valence-corrected chi connectivity index (χ3v) is 4.16. The van der Waals surface area contributed by atoms with Crippen LogP contribution in [0.1, 0.15) is 39.2 Å². The molecule has 4 heteroatoms. The summed E-state index contributed by atoms with van der Waals surface area (Å²) in [4.78, 5) is 9.20. The smallest absolute Gasteiger partial charge is 0.0598 e. The van der Waals surface area contributed by atoms with Crippen molar-refractivity contribution in [3.63, 3.8) is 0 Å². The number of pyridine rings is 1. The second kappa shape index (κ2) is 6.75. The van der Waals surface area contributed by atoms with Gasteiger partial charge in [0.2, 0.25) is 0 Å². The number of nitrogens with zero attached hydrogens (tertiary/aromatic N) is 3. The highest BCUT2D eigenvalue weighted by molar-refractivity contribution is 5.52. The molecule has 0 bridgehead atoms. The number of anilines is 1. The molecule has 2 rings (SSSR count). The molecule has 21 heavy (non-hydrogen) atoms. The van der Waals surface area contributed by atoms with Crippen molar-refractivity contribution in [2.24, 2.45) is 0 Å². The van der Waals surface area contributed by atoms with E-state index in [2.05, 4.69) is 61.0 Å². The first-order valence-electron chi connectivity index (χ1n) is 7.96. The molecule has 4 nitrogen and oxygen atoms in total. The summed E-state index contributed by atoms with van der Waals surface area (Å²) in [6, 6.07) is 2.79. The van der Waals surface area contributed by atoms with Gasteiger partial charge in [-0.05, 0) is 59.3 Å². The topological polar surface area (TPSA) is 31.4 Å². The summed E-state index contributed by atoms with van der Waals surface area (Å²) in [5.74, 6) is 0. The summed E-state index contributed by atoms with van der Waals surface area (Å²) in [5, 5.41) is 3.59. The van der Waals surface area contributed by atoms with Gasteiger partial charge in [0.15, 0.2) is 0 Å². The Bertz CT molecular complexity index is 450. The molecule has 1 aliphatic rings. The first-order valence-corrected chi connectivity index (χ1v) is 7.96. The van der Waals surface area contributed by atoms with Gasteiger partial charge in [0.1, 0.15) is 0 Å². The largest absolute Gasteiger partial charge is 0.368 e. The van der Waals surface area contributed by atoms with Crippen molar-refractivity contribution in [1.29, 1.82) is 0 Å². The van der Waals surface area contributed by atoms with Gasteiger partial charge in [0.25, 0.3) is 0 Å². The minimum atomic E-state index is 0.134.